The molecule has 29 heavy (non-hydrogen) atoms. The first-order valence-electron chi connectivity index (χ1n) is 8.54. The molecule has 0 aliphatic heterocycles. The van der Waals surface area contributed by atoms with Crippen LogP contribution < -0.4 is 0 Å². The van der Waals surface area contributed by atoms with Crippen molar-refractivity contribution in [2.45, 2.75) is 44.3 Å². The summed E-state index contributed by atoms with van der Waals surface area (Å²) in [6, 6.07) is 6.30. The molecule has 158 valence electrons. The van der Waals surface area contributed by atoms with Gasteiger partial charge in [-0.25, -0.2) is 26.3 Å². The number of halogens is 6. The molecule has 0 N–H and O–H groups in total. The second kappa shape index (κ2) is 9.21. The van der Waals surface area contributed by atoms with Crippen LogP contribution >= 0.6 is 0 Å². The van der Waals surface area contributed by atoms with Crippen molar-refractivity contribution in [3.8, 4) is 0 Å². The lowest BCUT2D eigenvalue weighted by Crippen LogP contribution is -2.26. The summed E-state index contributed by atoms with van der Waals surface area (Å²) in [5.74, 6) is -4.04. The number of nitrogens with zero attached hydrogens (tertiary/aromatic N) is 1. The van der Waals surface area contributed by atoms with E-state index in [-0.39, 0.29) is 11.1 Å². The van der Waals surface area contributed by atoms with Gasteiger partial charge in [0.2, 0.25) is 0 Å². The summed E-state index contributed by atoms with van der Waals surface area (Å²) < 4.78 is 97.1. The molecule has 0 aromatic heterocycles. The highest BCUT2D eigenvalue weighted by atomic mass is 32.2. The molecule has 2 aromatic rings. The Kier molecular flexibility index (Phi) is 7.40. The molecule has 0 amide bonds. The van der Waals surface area contributed by atoms with Crippen LogP contribution in [0.5, 0.6) is 0 Å². The first-order chi connectivity index (χ1) is 13.4. The Labute approximate surface area is 168 Å². The number of rotatable bonds is 6. The summed E-state index contributed by atoms with van der Waals surface area (Å²) >= 11 is -1.82. The second-order valence-corrected chi connectivity index (χ2v) is 9.13. The standard InChI is InChI=1S/C20H19F6NOS/c1-20(2,3)29(28)27-10-15(11-6-4-8-13(16(11)21)18(23)24)12-7-5-9-14(17(12)22)19(25)26/h4-10,15,18-19H,1-3H3/t29-/m0/s1. The lowest BCUT2D eigenvalue weighted by molar-refractivity contribution is 0.146. The Morgan fingerprint density at radius 3 is 1.55 bits per heavy atom. The normalized spacial score (nSPS) is 13.8. The molecular weight excluding hydrogens is 416 g/mol. The van der Waals surface area contributed by atoms with Crippen molar-refractivity contribution in [1.29, 1.82) is 0 Å². The summed E-state index contributed by atoms with van der Waals surface area (Å²) in [6.07, 6.45) is -5.31. The minimum absolute atomic E-state index is 0.386. The van der Waals surface area contributed by atoms with Gasteiger partial charge in [0.05, 0.1) is 23.3 Å². The monoisotopic (exact) mass is 435 g/mol. The molecule has 1 atom stereocenters. The van der Waals surface area contributed by atoms with Crippen LogP contribution in [0.4, 0.5) is 26.3 Å². The maximum Gasteiger partial charge on any atom is 0.266 e. The van der Waals surface area contributed by atoms with Crippen molar-refractivity contribution < 1.29 is 30.9 Å². The highest BCUT2D eigenvalue weighted by Crippen LogP contribution is 2.35. The molecule has 0 radical (unpaired) electrons. The van der Waals surface area contributed by atoms with Crippen LogP contribution in [0, 0.1) is 11.6 Å². The summed E-state index contributed by atoms with van der Waals surface area (Å²) in [4.78, 5) is 0. The van der Waals surface area contributed by atoms with Crippen molar-refractivity contribution in [2.24, 2.45) is 4.40 Å². The maximum atomic E-state index is 14.7. The van der Waals surface area contributed by atoms with Gasteiger partial charge in [-0.2, -0.15) is 0 Å². The molecule has 2 rings (SSSR count). The van der Waals surface area contributed by atoms with Crippen molar-refractivity contribution in [3.05, 3.63) is 70.3 Å². The van der Waals surface area contributed by atoms with Crippen LogP contribution in [0.15, 0.2) is 40.8 Å². The van der Waals surface area contributed by atoms with Gasteiger partial charge < -0.3 is 4.55 Å². The lowest BCUT2D eigenvalue weighted by Gasteiger charge is -2.20. The van der Waals surface area contributed by atoms with E-state index in [1.165, 1.54) is 0 Å². The fourth-order valence-electron chi connectivity index (χ4n) is 2.56. The molecule has 0 fully saturated rings. The first-order valence-corrected chi connectivity index (χ1v) is 9.65. The third-order valence-electron chi connectivity index (χ3n) is 4.09. The lowest BCUT2D eigenvalue weighted by atomic mass is 9.89. The zero-order valence-corrected chi connectivity index (χ0v) is 16.6. The highest BCUT2D eigenvalue weighted by Gasteiger charge is 2.29. The first kappa shape index (κ1) is 23.3. The van der Waals surface area contributed by atoms with E-state index in [0.717, 1.165) is 42.6 Å². The van der Waals surface area contributed by atoms with Gasteiger partial charge in [-0.1, -0.05) is 40.8 Å². The molecule has 0 spiro atoms. The van der Waals surface area contributed by atoms with E-state index in [4.69, 9.17) is 0 Å². The van der Waals surface area contributed by atoms with E-state index in [9.17, 15) is 30.9 Å². The Bertz CT molecular complexity index is 824. The number of hydrogen-bond donors (Lipinski definition) is 0. The molecule has 2 nitrogen and oxygen atoms in total. The molecular formula is C20H19F6NOS. The number of hydrogen-bond acceptors (Lipinski definition) is 2. The van der Waals surface area contributed by atoms with Crippen molar-refractivity contribution in [3.63, 3.8) is 0 Å². The average Bonchev–Trinajstić information content (AvgIpc) is 2.62. The van der Waals surface area contributed by atoms with Gasteiger partial charge in [-0.15, -0.1) is 0 Å². The Hall–Kier alpha value is -2.00. The molecule has 0 heterocycles. The smallest absolute Gasteiger partial charge is 0.266 e. The largest absolute Gasteiger partial charge is 0.591 e. The van der Waals surface area contributed by atoms with E-state index >= 15 is 0 Å². The van der Waals surface area contributed by atoms with Crippen LogP contribution in [0.2, 0.25) is 0 Å². The quantitative estimate of drug-likeness (QED) is 0.290. The van der Waals surface area contributed by atoms with E-state index < -0.39 is 57.6 Å². The van der Waals surface area contributed by atoms with Crippen LogP contribution in [0.1, 0.15) is 61.8 Å². The summed E-state index contributed by atoms with van der Waals surface area (Å²) in [6.45, 7) is 4.85. The van der Waals surface area contributed by atoms with Gasteiger partial charge in [0.15, 0.2) is 0 Å². The molecule has 0 bridgehead atoms. The molecule has 0 aliphatic carbocycles. The fourth-order valence-corrected chi connectivity index (χ4v) is 3.11. The SMILES string of the molecule is CC(C)(C)[S@+]([O-])N=CC(c1cccc(C(F)F)c1F)c1cccc(C(F)F)c1F. The van der Waals surface area contributed by atoms with E-state index in [2.05, 4.69) is 4.40 Å². The van der Waals surface area contributed by atoms with Crippen LogP contribution in [0.3, 0.4) is 0 Å². The van der Waals surface area contributed by atoms with Gasteiger partial charge in [-0.3, -0.25) is 0 Å². The van der Waals surface area contributed by atoms with Gasteiger partial charge in [-0.05, 0) is 20.8 Å². The minimum atomic E-state index is -3.13. The second-order valence-electron chi connectivity index (χ2n) is 7.20. The zero-order chi connectivity index (χ0) is 21.9. The van der Waals surface area contributed by atoms with Crippen LogP contribution in [0.25, 0.3) is 0 Å². The van der Waals surface area contributed by atoms with Crippen LogP contribution in [-0.4, -0.2) is 15.5 Å². The molecule has 2 aromatic carbocycles. The van der Waals surface area contributed by atoms with Crippen molar-refractivity contribution >= 4 is 17.6 Å². The zero-order valence-electron chi connectivity index (χ0n) is 15.8. The Balaban J connectivity index is 2.68. The van der Waals surface area contributed by atoms with E-state index in [1.54, 1.807) is 20.8 Å². The summed E-state index contributed by atoms with van der Waals surface area (Å²) in [7, 11) is 0. The van der Waals surface area contributed by atoms with Crippen molar-refractivity contribution in [2.75, 3.05) is 0 Å². The fraction of sp³-hybridized carbons (Fsp3) is 0.350. The average molecular weight is 435 g/mol. The molecule has 9 heteroatoms. The van der Waals surface area contributed by atoms with Crippen LogP contribution in [-0.2, 0) is 11.4 Å². The third-order valence-corrected chi connectivity index (χ3v) is 5.45. The van der Waals surface area contributed by atoms with E-state index in [1.807, 2.05) is 0 Å². The van der Waals surface area contributed by atoms with Gasteiger partial charge in [0.25, 0.3) is 12.9 Å². The predicted molar refractivity (Wildman–Crippen MR) is 101 cm³/mol. The Morgan fingerprint density at radius 1 is 0.828 bits per heavy atom. The molecule has 0 aliphatic rings. The maximum absolute atomic E-state index is 14.7. The third kappa shape index (κ3) is 5.33. The highest BCUT2D eigenvalue weighted by molar-refractivity contribution is 7.91. The topological polar surface area (TPSA) is 35.4 Å². The van der Waals surface area contributed by atoms with Gasteiger partial charge >= 0.3 is 0 Å². The number of benzene rings is 2. The van der Waals surface area contributed by atoms with E-state index in [0.29, 0.717) is 0 Å². The molecule has 0 unspecified atom stereocenters. The predicted octanol–water partition coefficient (Wildman–Crippen LogP) is 6.50. The minimum Gasteiger partial charge on any atom is -0.591 e. The number of alkyl halides is 4. The summed E-state index contributed by atoms with van der Waals surface area (Å²) in [5, 5.41) is 0. The molecule has 0 saturated carbocycles. The summed E-state index contributed by atoms with van der Waals surface area (Å²) in [5.41, 5.74) is -2.60. The van der Waals surface area contributed by atoms with Gasteiger partial charge in [0.1, 0.15) is 27.7 Å². The van der Waals surface area contributed by atoms with Crippen molar-refractivity contribution in [1.82, 2.24) is 0 Å². The Morgan fingerprint density at radius 2 is 1.21 bits per heavy atom. The molecule has 0 saturated heterocycles. The van der Waals surface area contributed by atoms with Gasteiger partial charge in [0, 0.05) is 11.1 Å².